The minimum Gasteiger partial charge on any atom is -0.361 e. The molecular formula is C21H16ClF3N2O2. The molecule has 0 bridgehead atoms. The monoisotopic (exact) mass is 420 g/mol. The lowest BCUT2D eigenvalue weighted by Gasteiger charge is -2.41. The number of pyridine rings is 1. The zero-order valence-corrected chi connectivity index (χ0v) is 15.8. The highest BCUT2D eigenvalue weighted by molar-refractivity contribution is 6.30. The average Bonchev–Trinajstić information content (AvgIpc) is 3.50. The van der Waals surface area contributed by atoms with Crippen LogP contribution in [0.5, 0.6) is 0 Å². The van der Waals surface area contributed by atoms with Gasteiger partial charge < -0.3 is 10.1 Å². The first-order valence-electron chi connectivity index (χ1n) is 9.02. The Kier molecular flexibility index (Phi) is 5.01. The number of nitrogens with zero attached hydrogens (tertiary/aromatic N) is 1. The number of carbonyl (C=O) groups is 1. The third-order valence-electron chi connectivity index (χ3n) is 4.93. The van der Waals surface area contributed by atoms with E-state index in [4.69, 9.17) is 16.3 Å². The number of nitrogens with one attached hydrogen (secondary N) is 1. The van der Waals surface area contributed by atoms with Crippen LogP contribution >= 0.6 is 11.6 Å². The number of alkyl halides is 3. The zero-order chi connectivity index (χ0) is 20.6. The third-order valence-corrected chi connectivity index (χ3v) is 5.17. The molecule has 1 aromatic carbocycles. The van der Waals surface area contributed by atoms with Gasteiger partial charge in [-0.15, -0.1) is 0 Å². The van der Waals surface area contributed by atoms with E-state index < -0.39 is 23.6 Å². The first kappa shape index (κ1) is 19.7. The van der Waals surface area contributed by atoms with Crippen LogP contribution < -0.4 is 5.32 Å². The Morgan fingerprint density at radius 2 is 2.10 bits per heavy atom. The number of benzene rings is 1. The van der Waals surface area contributed by atoms with Crippen molar-refractivity contribution >= 4 is 23.2 Å². The molecule has 0 radical (unpaired) electrons. The molecule has 29 heavy (non-hydrogen) atoms. The summed E-state index contributed by atoms with van der Waals surface area (Å²) in [5.41, 5.74) is -2.45. The van der Waals surface area contributed by atoms with Crippen LogP contribution in [-0.2, 0) is 21.6 Å². The second-order valence-electron chi connectivity index (χ2n) is 7.08. The van der Waals surface area contributed by atoms with E-state index in [0.717, 1.165) is 12.8 Å². The van der Waals surface area contributed by atoms with Crippen LogP contribution in [-0.4, -0.2) is 23.2 Å². The fourth-order valence-electron chi connectivity index (χ4n) is 3.30. The second-order valence-corrected chi connectivity index (χ2v) is 7.52. The summed E-state index contributed by atoms with van der Waals surface area (Å²) >= 11 is 6.01. The number of anilines is 1. The van der Waals surface area contributed by atoms with Gasteiger partial charge in [-0.2, -0.15) is 13.2 Å². The summed E-state index contributed by atoms with van der Waals surface area (Å²) in [5.74, 6) is 4.11. The summed E-state index contributed by atoms with van der Waals surface area (Å²) in [5, 5.41) is 2.62. The SMILES string of the molecule is O=C1Nc2ccc(Cl)cc2[C@@](C#CC2CC2)(C(F)(F)F)[C@H]1OCc1cccnc1. The van der Waals surface area contributed by atoms with Crippen molar-refractivity contribution in [3.05, 3.63) is 58.9 Å². The van der Waals surface area contributed by atoms with Gasteiger partial charge in [0.15, 0.2) is 11.5 Å². The first-order valence-corrected chi connectivity index (χ1v) is 9.40. The van der Waals surface area contributed by atoms with Crippen molar-refractivity contribution in [3.63, 3.8) is 0 Å². The minimum atomic E-state index is -4.87. The average molecular weight is 421 g/mol. The number of fused-ring (bicyclic) bond motifs is 1. The largest absolute Gasteiger partial charge is 0.412 e. The van der Waals surface area contributed by atoms with Crippen molar-refractivity contribution in [2.24, 2.45) is 5.92 Å². The number of ether oxygens (including phenoxy) is 1. The number of amides is 1. The maximum Gasteiger partial charge on any atom is 0.412 e. The van der Waals surface area contributed by atoms with Crippen molar-refractivity contribution in [1.82, 2.24) is 4.98 Å². The molecule has 2 heterocycles. The molecule has 1 saturated carbocycles. The number of halogens is 4. The van der Waals surface area contributed by atoms with E-state index in [-0.39, 0.29) is 28.8 Å². The molecule has 1 N–H and O–H groups in total. The Bertz CT molecular complexity index is 996. The summed E-state index contributed by atoms with van der Waals surface area (Å²) in [4.78, 5) is 16.7. The molecule has 1 amide bonds. The number of hydrogen-bond acceptors (Lipinski definition) is 3. The third kappa shape index (κ3) is 3.70. The molecule has 2 aliphatic rings. The quantitative estimate of drug-likeness (QED) is 0.744. The van der Waals surface area contributed by atoms with Gasteiger partial charge in [-0.1, -0.05) is 29.5 Å². The van der Waals surface area contributed by atoms with Crippen molar-refractivity contribution in [1.29, 1.82) is 0 Å². The highest BCUT2D eigenvalue weighted by atomic mass is 35.5. The highest BCUT2D eigenvalue weighted by Crippen LogP contribution is 2.50. The number of rotatable bonds is 3. The van der Waals surface area contributed by atoms with Crippen LogP contribution in [0.25, 0.3) is 0 Å². The van der Waals surface area contributed by atoms with Gasteiger partial charge in [0, 0.05) is 34.6 Å². The Hall–Kier alpha value is -2.56. The Morgan fingerprint density at radius 1 is 1.31 bits per heavy atom. The van der Waals surface area contributed by atoms with E-state index in [9.17, 15) is 18.0 Å². The number of aromatic nitrogens is 1. The maximum atomic E-state index is 14.6. The predicted molar refractivity (Wildman–Crippen MR) is 101 cm³/mol. The summed E-state index contributed by atoms with van der Waals surface area (Å²) < 4.78 is 49.4. The van der Waals surface area contributed by atoms with Crippen molar-refractivity contribution in [3.8, 4) is 11.8 Å². The smallest absolute Gasteiger partial charge is 0.361 e. The molecular weight excluding hydrogens is 405 g/mol. The van der Waals surface area contributed by atoms with Crippen LogP contribution in [0.4, 0.5) is 18.9 Å². The van der Waals surface area contributed by atoms with Crippen molar-refractivity contribution in [2.75, 3.05) is 5.32 Å². The van der Waals surface area contributed by atoms with Crippen LogP contribution in [0, 0.1) is 17.8 Å². The number of hydrogen-bond donors (Lipinski definition) is 1. The molecule has 0 saturated heterocycles. The fourth-order valence-corrected chi connectivity index (χ4v) is 3.47. The Balaban J connectivity index is 1.84. The lowest BCUT2D eigenvalue weighted by molar-refractivity contribution is -0.208. The lowest BCUT2D eigenvalue weighted by Crippen LogP contribution is -2.59. The normalized spacial score (nSPS) is 23.6. The topological polar surface area (TPSA) is 51.2 Å². The predicted octanol–water partition coefficient (Wildman–Crippen LogP) is 4.49. The highest BCUT2D eigenvalue weighted by Gasteiger charge is 2.65. The standard InChI is InChI=1S/C21H16ClF3N2O2/c22-15-5-6-17-16(10-15)20(21(23,24)25,8-7-13-3-4-13)18(19(28)27-17)29-12-14-2-1-9-26-11-14/h1-2,5-6,9-11,13,18H,3-4,12H2,(H,27,28)/t18-,20+/m0/s1. The van der Waals surface area contributed by atoms with E-state index in [1.807, 2.05) is 0 Å². The van der Waals surface area contributed by atoms with E-state index >= 15 is 0 Å². The molecule has 4 nitrogen and oxygen atoms in total. The molecule has 2 atom stereocenters. The summed E-state index contributed by atoms with van der Waals surface area (Å²) in [6, 6.07) is 7.27. The molecule has 150 valence electrons. The molecule has 4 rings (SSSR count). The van der Waals surface area contributed by atoms with Gasteiger partial charge in [-0.3, -0.25) is 9.78 Å². The van der Waals surface area contributed by atoms with Crippen LogP contribution in [0.1, 0.15) is 24.0 Å². The van der Waals surface area contributed by atoms with Crippen LogP contribution in [0.15, 0.2) is 42.7 Å². The maximum absolute atomic E-state index is 14.6. The molecule has 8 heteroatoms. The molecule has 0 spiro atoms. The van der Waals surface area contributed by atoms with Gasteiger partial charge in [-0.05, 0) is 42.7 Å². The molecule has 1 aliphatic heterocycles. The van der Waals surface area contributed by atoms with E-state index in [2.05, 4.69) is 22.1 Å². The Morgan fingerprint density at radius 3 is 2.76 bits per heavy atom. The summed E-state index contributed by atoms with van der Waals surface area (Å²) in [6.07, 6.45) is -2.26. The second kappa shape index (κ2) is 7.36. The Labute approximate surface area is 170 Å². The van der Waals surface area contributed by atoms with Crippen LogP contribution in [0.2, 0.25) is 5.02 Å². The lowest BCUT2D eigenvalue weighted by atomic mass is 9.71. The van der Waals surface area contributed by atoms with Gasteiger partial charge in [0.1, 0.15) is 0 Å². The van der Waals surface area contributed by atoms with Gasteiger partial charge >= 0.3 is 6.18 Å². The number of carbonyl (C=O) groups excluding carboxylic acids is 1. The first-order chi connectivity index (χ1) is 13.8. The van der Waals surface area contributed by atoms with E-state index in [1.54, 1.807) is 12.1 Å². The summed E-state index contributed by atoms with van der Waals surface area (Å²) in [6.45, 7) is -0.217. The van der Waals surface area contributed by atoms with E-state index in [1.165, 1.54) is 30.6 Å². The molecule has 1 aromatic heterocycles. The van der Waals surface area contributed by atoms with Gasteiger partial charge in [0.05, 0.1) is 6.61 Å². The van der Waals surface area contributed by atoms with E-state index in [0.29, 0.717) is 5.56 Å². The molecule has 2 aromatic rings. The zero-order valence-electron chi connectivity index (χ0n) is 15.1. The molecule has 0 unspecified atom stereocenters. The van der Waals surface area contributed by atoms with Crippen LogP contribution in [0.3, 0.4) is 0 Å². The van der Waals surface area contributed by atoms with Gasteiger partial charge in [-0.25, -0.2) is 0 Å². The van der Waals surface area contributed by atoms with Crippen molar-refractivity contribution < 1.29 is 22.7 Å². The van der Waals surface area contributed by atoms with Gasteiger partial charge in [0.2, 0.25) is 0 Å². The molecule has 1 fully saturated rings. The minimum absolute atomic E-state index is 0.0306. The van der Waals surface area contributed by atoms with Gasteiger partial charge in [0.25, 0.3) is 5.91 Å². The van der Waals surface area contributed by atoms with Crippen molar-refractivity contribution in [2.45, 2.75) is 37.1 Å². The summed E-state index contributed by atoms with van der Waals surface area (Å²) in [7, 11) is 0. The molecule has 1 aliphatic carbocycles. The fraction of sp³-hybridized carbons (Fsp3) is 0.333.